The highest BCUT2D eigenvalue weighted by Gasteiger charge is 2.43. The van der Waals surface area contributed by atoms with Crippen molar-refractivity contribution < 1.29 is 23.8 Å². The van der Waals surface area contributed by atoms with Crippen LogP contribution in [-0.2, 0) is 4.79 Å². The third-order valence-electron chi connectivity index (χ3n) is 6.44. The maximum absolute atomic E-state index is 13.9. The number of carbonyl (C=O) groups is 2. The summed E-state index contributed by atoms with van der Waals surface area (Å²) in [5, 5.41) is 3.50. The van der Waals surface area contributed by atoms with Crippen molar-refractivity contribution in [2.45, 2.75) is 12.0 Å². The Morgan fingerprint density at radius 2 is 1.67 bits per heavy atom. The summed E-state index contributed by atoms with van der Waals surface area (Å²) in [7, 11) is 6.33. The van der Waals surface area contributed by atoms with Gasteiger partial charge in [0, 0.05) is 12.6 Å². The molecular weight excluding hydrogens is 478 g/mol. The second-order valence-corrected chi connectivity index (χ2v) is 9.41. The van der Waals surface area contributed by atoms with E-state index in [1.54, 1.807) is 31.2 Å². The summed E-state index contributed by atoms with van der Waals surface area (Å²) in [5.74, 6) is 0.332. The van der Waals surface area contributed by atoms with Crippen molar-refractivity contribution in [3.8, 4) is 17.2 Å². The van der Waals surface area contributed by atoms with E-state index in [0.29, 0.717) is 33.5 Å². The topological polar surface area (TPSA) is 90.0 Å². The molecule has 8 nitrogen and oxygen atoms in total. The van der Waals surface area contributed by atoms with Crippen molar-refractivity contribution in [1.29, 1.82) is 0 Å². The lowest BCUT2D eigenvalue weighted by molar-refractivity contribution is -0.119. The van der Waals surface area contributed by atoms with Crippen molar-refractivity contribution in [2.75, 3.05) is 33.7 Å². The SMILES string of the molecule is COc1ccc([C@@H]2[C@@H](C(=O)Nc3nc4ccccc4s3)c3cc(OC)c(OC)cc3C(=O)N2C)cc1. The Morgan fingerprint density at radius 1 is 0.972 bits per heavy atom. The number of nitrogens with zero attached hydrogens (tertiary/aromatic N) is 2. The van der Waals surface area contributed by atoms with Crippen LogP contribution in [0.3, 0.4) is 0 Å². The van der Waals surface area contributed by atoms with Crippen LogP contribution < -0.4 is 19.5 Å². The molecule has 0 saturated heterocycles. The predicted octanol–water partition coefficient (Wildman–Crippen LogP) is 4.87. The Morgan fingerprint density at radius 3 is 2.33 bits per heavy atom. The van der Waals surface area contributed by atoms with Crippen LogP contribution in [0.1, 0.15) is 33.4 Å². The normalized spacial score (nSPS) is 17.0. The lowest BCUT2D eigenvalue weighted by atomic mass is 9.79. The van der Waals surface area contributed by atoms with Gasteiger partial charge in [0.15, 0.2) is 16.6 Å². The van der Waals surface area contributed by atoms with E-state index in [2.05, 4.69) is 10.3 Å². The van der Waals surface area contributed by atoms with E-state index in [-0.39, 0.29) is 11.8 Å². The highest BCUT2D eigenvalue weighted by molar-refractivity contribution is 7.22. The molecule has 0 unspecified atom stereocenters. The molecule has 2 atom stereocenters. The summed E-state index contributed by atoms with van der Waals surface area (Å²) in [6, 6.07) is 17.9. The number of anilines is 1. The minimum absolute atomic E-state index is 0.212. The van der Waals surface area contributed by atoms with Gasteiger partial charge in [-0.25, -0.2) is 4.98 Å². The van der Waals surface area contributed by atoms with Crippen LogP contribution in [0.4, 0.5) is 5.13 Å². The molecule has 9 heteroatoms. The average molecular weight is 504 g/mol. The number of amides is 2. The van der Waals surface area contributed by atoms with Gasteiger partial charge in [-0.15, -0.1) is 0 Å². The number of likely N-dealkylation sites (N-methyl/N-ethyl adjacent to an activating group) is 1. The smallest absolute Gasteiger partial charge is 0.254 e. The van der Waals surface area contributed by atoms with Crippen LogP contribution in [0, 0.1) is 0 Å². The number of rotatable bonds is 6. The highest BCUT2D eigenvalue weighted by Crippen LogP contribution is 2.46. The van der Waals surface area contributed by atoms with Gasteiger partial charge < -0.3 is 24.4 Å². The van der Waals surface area contributed by atoms with Gasteiger partial charge in [0.25, 0.3) is 5.91 Å². The summed E-state index contributed by atoms with van der Waals surface area (Å²) in [4.78, 5) is 33.6. The van der Waals surface area contributed by atoms with E-state index in [1.165, 1.54) is 25.6 Å². The molecule has 1 aromatic heterocycles. The van der Waals surface area contributed by atoms with E-state index >= 15 is 0 Å². The number of fused-ring (bicyclic) bond motifs is 2. The number of para-hydroxylation sites is 1. The predicted molar refractivity (Wildman–Crippen MR) is 138 cm³/mol. The molecule has 3 aromatic carbocycles. The molecule has 2 heterocycles. The quantitative estimate of drug-likeness (QED) is 0.404. The van der Waals surface area contributed by atoms with Crippen molar-refractivity contribution >= 4 is 38.5 Å². The summed E-state index contributed by atoms with van der Waals surface area (Å²) in [5.41, 5.74) is 2.57. The van der Waals surface area contributed by atoms with E-state index in [0.717, 1.165) is 15.8 Å². The molecular formula is C27H25N3O5S. The van der Waals surface area contributed by atoms with E-state index in [9.17, 15) is 9.59 Å². The fraction of sp³-hybridized carbons (Fsp3) is 0.222. The van der Waals surface area contributed by atoms with Crippen molar-refractivity contribution in [2.24, 2.45) is 0 Å². The van der Waals surface area contributed by atoms with Crippen LogP contribution in [-0.4, -0.2) is 50.1 Å². The molecule has 184 valence electrons. The summed E-state index contributed by atoms with van der Waals surface area (Å²) in [6.45, 7) is 0. The fourth-order valence-corrected chi connectivity index (χ4v) is 5.53. The van der Waals surface area contributed by atoms with Gasteiger partial charge in [-0.05, 0) is 47.5 Å². The Balaban J connectivity index is 1.64. The molecule has 4 aromatic rings. The highest BCUT2D eigenvalue weighted by atomic mass is 32.1. The number of nitrogens with one attached hydrogen (secondary N) is 1. The molecule has 1 aliphatic heterocycles. The molecule has 2 amide bonds. The Kier molecular flexibility index (Phi) is 6.24. The van der Waals surface area contributed by atoms with Crippen LogP contribution in [0.5, 0.6) is 17.2 Å². The molecule has 0 bridgehead atoms. The molecule has 0 saturated carbocycles. The molecule has 5 rings (SSSR count). The number of benzene rings is 3. The largest absolute Gasteiger partial charge is 0.497 e. The van der Waals surface area contributed by atoms with Gasteiger partial charge in [-0.1, -0.05) is 35.6 Å². The van der Waals surface area contributed by atoms with Gasteiger partial charge in [0.05, 0.1) is 43.5 Å². The van der Waals surface area contributed by atoms with Gasteiger partial charge in [-0.3, -0.25) is 9.59 Å². The summed E-state index contributed by atoms with van der Waals surface area (Å²) in [6.07, 6.45) is 0. The Labute approximate surface area is 212 Å². The van der Waals surface area contributed by atoms with Crippen molar-refractivity contribution in [3.63, 3.8) is 0 Å². The molecule has 0 aliphatic carbocycles. The zero-order valence-electron chi connectivity index (χ0n) is 20.3. The van der Waals surface area contributed by atoms with Crippen LogP contribution in [0.2, 0.25) is 0 Å². The average Bonchev–Trinajstić information content (AvgIpc) is 3.32. The maximum atomic E-state index is 13.9. The fourth-order valence-electron chi connectivity index (χ4n) is 4.66. The molecule has 1 N–H and O–H groups in total. The van der Waals surface area contributed by atoms with Gasteiger partial charge in [0.1, 0.15) is 5.75 Å². The zero-order valence-corrected chi connectivity index (χ0v) is 21.1. The number of hydrogen-bond donors (Lipinski definition) is 1. The molecule has 36 heavy (non-hydrogen) atoms. The first-order chi connectivity index (χ1) is 17.4. The van der Waals surface area contributed by atoms with E-state index < -0.39 is 12.0 Å². The first-order valence-corrected chi connectivity index (χ1v) is 12.1. The third-order valence-corrected chi connectivity index (χ3v) is 7.39. The minimum atomic E-state index is -0.733. The standard InChI is InChI=1S/C27H25N3O5S/c1-30-24(15-9-11-16(33-2)12-10-15)23(17-13-20(34-3)21(35-4)14-18(17)26(30)32)25(31)29-27-28-19-7-5-6-8-22(19)36-27/h5-14,23-24H,1-4H3,(H,28,29,31)/t23-,24+/m0/s1. The molecule has 0 fully saturated rings. The van der Waals surface area contributed by atoms with Gasteiger partial charge in [-0.2, -0.15) is 0 Å². The number of aromatic nitrogens is 1. The Bertz CT molecular complexity index is 1420. The van der Waals surface area contributed by atoms with Crippen LogP contribution >= 0.6 is 11.3 Å². The number of hydrogen-bond acceptors (Lipinski definition) is 7. The number of methoxy groups -OCH3 is 3. The second-order valence-electron chi connectivity index (χ2n) is 8.38. The Hall–Kier alpha value is -4.11. The lowest BCUT2D eigenvalue weighted by Crippen LogP contribution is -2.44. The van der Waals surface area contributed by atoms with Crippen LogP contribution in [0.25, 0.3) is 10.2 Å². The second kappa shape index (κ2) is 9.50. The number of thiazole rings is 1. The first kappa shape index (κ1) is 23.6. The van der Waals surface area contributed by atoms with Crippen molar-refractivity contribution in [3.05, 3.63) is 77.4 Å². The van der Waals surface area contributed by atoms with E-state index in [4.69, 9.17) is 14.2 Å². The maximum Gasteiger partial charge on any atom is 0.254 e. The van der Waals surface area contributed by atoms with E-state index in [1.807, 2.05) is 48.5 Å². The summed E-state index contributed by atoms with van der Waals surface area (Å²) >= 11 is 1.40. The number of ether oxygens (including phenoxy) is 3. The zero-order chi connectivity index (χ0) is 25.4. The van der Waals surface area contributed by atoms with Crippen molar-refractivity contribution in [1.82, 2.24) is 9.88 Å². The molecule has 0 spiro atoms. The lowest BCUT2D eigenvalue weighted by Gasteiger charge is -2.40. The first-order valence-electron chi connectivity index (χ1n) is 11.3. The van der Waals surface area contributed by atoms with Crippen LogP contribution in [0.15, 0.2) is 60.7 Å². The summed E-state index contributed by atoms with van der Waals surface area (Å²) < 4.78 is 17.2. The molecule has 0 radical (unpaired) electrons. The number of carbonyl (C=O) groups excluding carboxylic acids is 2. The third kappa shape index (κ3) is 4.01. The minimum Gasteiger partial charge on any atom is -0.497 e. The van der Waals surface area contributed by atoms with Gasteiger partial charge in [0.2, 0.25) is 5.91 Å². The van der Waals surface area contributed by atoms with Gasteiger partial charge >= 0.3 is 0 Å². The monoisotopic (exact) mass is 503 g/mol. The molecule has 1 aliphatic rings.